The van der Waals surface area contributed by atoms with Crippen molar-refractivity contribution in [3.63, 3.8) is 0 Å². The van der Waals surface area contributed by atoms with Gasteiger partial charge in [-0.25, -0.2) is 10.0 Å². The first kappa shape index (κ1) is 20.3. The number of amides is 2. The van der Waals surface area contributed by atoms with Gasteiger partial charge < -0.3 is 9.64 Å². The van der Waals surface area contributed by atoms with Crippen LogP contribution in [-0.4, -0.2) is 79.2 Å². The molecule has 2 amide bonds. The zero-order valence-corrected chi connectivity index (χ0v) is 17.6. The molecule has 0 unspecified atom stereocenters. The molecule has 7 nitrogen and oxygen atoms in total. The second-order valence-corrected chi connectivity index (χ2v) is 8.47. The van der Waals surface area contributed by atoms with Gasteiger partial charge in [0.15, 0.2) is 0 Å². The summed E-state index contributed by atoms with van der Waals surface area (Å²) in [6, 6.07) is 6.87. The summed E-state index contributed by atoms with van der Waals surface area (Å²) in [5.41, 5.74) is 4.07. The maximum absolute atomic E-state index is 12.0. The molecule has 3 fully saturated rings. The molecule has 3 saturated heterocycles. The number of hydrazine groups is 1. The topological polar surface area (TPSA) is 56.3 Å². The number of anilines is 1. The standard InChI is InChI=1S/C22H32N4O3/c1-17(2)20-15-19(24-11-13-29-14-12-24)4-3-18(20)16-23-7-9-25(10-8-23)26-21(27)5-6-22(26)28/h3-4,15,17H,5-14,16H2,1-2H3. The number of nitrogens with zero attached hydrogens (tertiary/aromatic N) is 4. The molecule has 3 aliphatic heterocycles. The van der Waals surface area contributed by atoms with Gasteiger partial charge in [-0.3, -0.25) is 14.5 Å². The van der Waals surface area contributed by atoms with Crippen molar-refractivity contribution >= 4 is 17.5 Å². The van der Waals surface area contributed by atoms with Crippen molar-refractivity contribution in [1.29, 1.82) is 0 Å². The van der Waals surface area contributed by atoms with E-state index >= 15 is 0 Å². The molecular weight excluding hydrogens is 368 g/mol. The van der Waals surface area contributed by atoms with E-state index in [9.17, 15) is 9.59 Å². The molecule has 0 aromatic heterocycles. The minimum Gasteiger partial charge on any atom is -0.378 e. The largest absolute Gasteiger partial charge is 0.378 e. The summed E-state index contributed by atoms with van der Waals surface area (Å²) >= 11 is 0. The Morgan fingerprint density at radius 3 is 2.21 bits per heavy atom. The summed E-state index contributed by atoms with van der Waals surface area (Å²) in [5.74, 6) is 0.362. The Hall–Kier alpha value is -1.96. The molecule has 3 heterocycles. The van der Waals surface area contributed by atoms with Crippen LogP contribution in [0.3, 0.4) is 0 Å². The number of ether oxygens (including phenoxy) is 1. The smallest absolute Gasteiger partial charge is 0.244 e. The van der Waals surface area contributed by atoms with E-state index in [1.165, 1.54) is 21.8 Å². The lowest BCUT2D eigenvalue weighted by Gasteiger charge is -2.38. The van der Waals surface area contributed by atoms with E-state index in [1.807, 2.05) is 5.01 Å². The number of hydrogen-bond donors (Lipinski definition) is 0. The molecule has 3 aliphatic rings. The monoisotopic (exact) mass is 400 g/mol. The summed E-state index contributed by atoms with van der Waals surface area (Å²) < 4.78 is 5.48. The van der Waals surface area contributed by atoms with Gasteiger partial charge in [0, 0.05) is 64.3 Å². The van der Waals surface area contributed by atoms with E-state index in [2.05, 4.69) is 41.8 Å². The van der Waals surface area contributed by atoms with Crippen LogP contribution >= 0.6 is 0 Å². The average molecular weight is 401 g/mol. The Morgan fingerprint density at radius 1 is 0.931 bits per heavy atom. The quantitative estimate of drug-likeness (QED) is 0.703. The van der Waals surface area contributed by atoms with E-state index in [0.29, 0.717) is 18.8 Å². The van der Waals surface area contributed by atoms with Crippen LogP contribution < -0.4 is 4.90 Å². The molecule has 0 aliphatic carbocycles. The Balaban J connectivity index is 1.40. The summed E-state index contributed by atoms with van der Waals surface area (Å²) in [6.45, 7) is 12.1. The number of imide groups is 1. The zero-order valence-electron chi connectivity index (χ0n) is 17.6. The van der Waals surface area contributed by atoms with Crippen LogP contribution in [0, 0.1) is 0 Å². The fourth-order valence-electron chi connectivity index (χ4n) is 4.50. The number of carbonyl (C=O) groups excluding carboxylic acids is 2. The number of benzene rings is 1. The first-order chi connectivity index (χ1) is 14.0. The maximum atomic E-state index is 12.0. The van der Waals surface area contributed by atoms with Crippen molar-refractivity contribution in [2.24, 2.45) is 0 Å². The molecular formula is C22H32N4O3. The van der Waals surface area contributed by atoms with Crippen molar-refractivity contribution in [2.75, 3.05) is 57.4 Å². The Labute approximate surface area is 173 Å². The third-order valence-corrected chi connectivity index (χ3v) is 6.18. The van der Waals surface area contributed by atoms with Gasteiger partial charge in [-0.15, -0.1) is 0 Å². The van der Waals surface area contributed by atoms with Crippen molar-refractivity contribution in [3.8, 4) is 0 Å². The van der Waals surface area contributed by atoms with Crippen LogP contribution in [0.25, 0.3) is 0 Å². The second kappa shape index (κ2) is 8.81. The van der Waals surface area contributed by atoms with Crippen molar-refractivity contribution in [3.05, 3.63) is 29.3 Å². The molecule has 29 heavy (non-hydrogen) atoms. The normalized spacial score (nSPS) is 22.2. The highest BCUT2D eigenvalue weighted by Gasteiger charge is 2.35. The number of hydrogen-bond acceptors (Lipinski definition) is 6. The Bertz CT molecular complexity index is 736. The fourth-order valence-corrected chi connectivity index (χ4v) is 4.50. The number of morpholine rings is 1. The van der Waals surface area contributed by atoms with Crippen LogP contribution in [0.5, 0.6) is 0 Å². The molecule has 7 heteroatoms. The van der Waals surface area contributed by atoms with Crippen molar-refractivity contribution in [1.82, 2.24) is 14.9 Å². The molecule has 0 N–H and O–H groups in total. The van der Waals surface area contributed by atoms with Crippen molar-refractivity contribution in [2.45, 2.75) is 39.2 Å². The highest BCUT2D eigenvalue weighted by molar-refractivity contribution is 6.01. The lowest BCUT2D eigenvalue weighted by Crippen LogP contribution is -2.55. The van der Waals surface area contributed by atoms with E-state index in [-0.39, 0.29) is 11.8 Å². The lowest BCUT2D eigenvalue weighted by atomic mass is 9.95. The van der Waals surface area contributed by atoms with Gasteiger partial charge in [0.05, 0.1) is 13.2 Å². The zero-order chi connectivity index (χ0) is 20.4. The molecule has 0 spiro atoms. The third-order valence-electron chi connectivity index (χ3n) is 6.18. The Morgan fingerprint density at radius 2 is 1.59 bits per heavy atom. The van der Waals surface area contributed by atoms with E-state index in [1.54, 1.807) is 0 Å². The molecule has 158 valence electrons. The molecule has 4 rings (SSSR count). The van der Waals surface area contributed by atoms with Gasteiger partial charge in [0.1, 0.15) is 0 Å². The number of piperazine rings is 1. The highest BCUT2D eigenvalue weighted by atomic mass is 16.5. The average Bonchev–Trinajstić information content (AvgIpc) is 3.07. The second-order valence-electron chi connectivity index (χ2n) is 8.47. The molecule has 0 radical (unpaired) electrons. The first-order valence-electron chi connectivity index (χ1n) is 10.8. The predicted octanol–water partition coefficient (Wildman–Crippen LogP) is 1.83. The van der Waals surface area contributed by atoms with Crippen LogP contribution in [0.1, 0.15) is 43.7 Å². The van der Waals surface area contributed by atoms with Gasteiger partial charge in [-0.05, 0) is 29.2 Å². The minimum atomic E-state index is -0.0516. The van der Waals surface area contributed by atoms with Gasteiger partial charge in [0.2, 0.25) is 11.8 Å². The number of rotatable bonds is 5. The Kier molecular flexibility index (Phi) is 6.18. The third kappa shape index (κ3) is 4.47. The lowest BCUT2D eigenvalue weighted by molar-refractivity contribution is -0.160. The van der Waals surface area contributed by atoms with Crippen LogP contribution in [0.2, 0.25) is 0 Å². The van der Waals surface area contributed by atoms with E-state index in [4.69, 9.17) is 4.74 Å². The van der Waals surface area contributed by atoms with Crippen LogP contribution in [0.4, 0.5) is 5.69 Å². The van der Waals surface area contributed by atoms with E-state index < -0.39 is 0 Å². The molecule has 1 aromatic carbocycles. The summed E-state index contributed by atoms with van der Waals surface area (Å²) in [6.07, 6.45) is 0.707. The molecule has 0 atom stereocenters. The summed E-state index contributed by atoms with van der Waals surface area (Å²) in [4.78, 5) is 28.8. The van der Waals surface area contributed by atoms with Gasteiger partial charge in [-0.1, -0.05) is 19.9 Å². The van der Waals surface area contributed by atoms with Crippen LogP contribution in [-0.2, 0) is 20.9 Å². The SMILES string of the molecule is CC(C)c1cc(N2CCOCC2)ccc1CN1CCN(N2C(=O)CCC2=O)CC1. The van der Waals surface area contributed by atoms with Gasteiger partial charge in [0.25, 0.3) is 0 Å². The van der Waals surface area contributed by atoms with Gasteiger partial charge >= 0.3 is 0 Å². The van der Waals surface area contributed by atoms with Crippen LogP contribution in [0.15, 0.2) is 18.2 Å². The predicted molar refractivity (Wildman–Crippen MR) is 112 cm³/mol. The molecule has 1 aromatic rings. The highest BCUT2D eigenvalue weighted by Crippen LogP contribution is 2.28. The summed E-state index contributed by atoms with van der Waals surface area (Å²) in [5, 5.41) is 3.31. The first-order valence-corrected chi connectivity index (χ1v) is 10.8. The maximum Gasteiger partial charge on any atom is 0.244 e. The number of carbonyl (C=O) groups is 2. The molecule has 0 saturated carbocycles. The minimum absolute atomic E-state index is 0.0516. The summed E-state index contributed by atoms with van der Waals surface area (Å²) in [7, 11) is 0. The molecule has 0 bridgehead atoms. The van der Waals surface area contributed by atoms with E-state index in [0.717, 1.165) is 59.0 Å². The van der Waals surface area contributed by atoms with Crippen molar-refractivity contribution < 1.29 is 14.3 Å². The fraction of sp³-hybridized carbons (Fsp3) is 0.636. The van der Waals surface area contributed by atoms with Gasteiger partial charge in [-0.2, -0.15) is 0 Å².